The number of nitrogens with one attached hydrogen (secondary N) is 1. The van der Waals surface area contributed by atoms with Crippen molar-refractivity contribution in [3.8, 4) is 16.9 Å². The molecule has 0 unspecified atom stereocenters. The molecule has 0 amide bonds. The van der Waals surface area contributed by atoms with Gasteiger partial charge >= 0.3 is 0 Å². The average Bonchev–Trinajstić information content (AvgIpc) is 2.93. The number of fused-ring (bicyclic) bond motifs is 7. The largest absolute Gasteiger partial charge is 0.486 e. The number of ether oxygens (including phenoxy) is 1. The molecule has 3 aromatic carbocycles. The van der Waals surface area contributed by atoms with E-state index in [0.717, 1.165) is 16.8 Å². The van der Waals surface area contributed by atoms with E-state index >= 15 is 0 Å². The maximum Gasteiger partial charge on any atom is 0.151 e. The Morgan fingerprint density at radius 2 is 1.62 bits per heavy atom. The molecule has 0 saturated carbocycles. The minimum atomic E-state index is 0.637. The van der Waals surface area contributed by atoms with Crippen molar-refractivity contribution in [2.75, 3.05) is 0 Å². The summed E-state index contributed by atoms with van der Waals surface area (Å²) >= 11 is 0. The van der Waals surface area contributed by atoms with E-state index in [-0.39, 0.29) is 0 Å². The lowest BCUT2D eigenvalue weighted by Gasteiger charge is -2.21. The van der Waals surface area contributed by atoms with Gasteiger partial charge in [0.1, 0.15) is 6.61 Å². The van der Waals surface area contributed by atoms with Crippen LogP contribution in [-0.2, 0) is 6.61 Å². The topological polar surface area (TPSA) is 25.0 Å². The molecule has 0 atom stereocenters. The van der Waals surface area contributed by atoms with Crippen LogP contribution in [0.2, 0.25) is 0 Å². The van der Waals surface area contributed by atoms with Gasteiger partial charge in [-0.2, -0.15) is 0 Å². The molecule has 2 heteroatoms. The van der Waals surface area contributed by atoms with E-state index in [9.17, 15) is 0 Å². The molecule has 2 heterocycles. The zero-order chi connectivity index (χ0) is 13.8. The monoisotopic (exact) mass is 271 g/mol. The standard InChI is InChI=1S/C19H13NO/c1-2-6-13-12(5-1)11-21-19-16(13)10-9-15-14-7-3-4-8-17(14)20-18(15)19/h1-10,20H,11H2. The molecule has 100 valence electrons. The number of hydrogen-bond acceptors (Lipinski definition) is 1. The van der Waals surface area contributed by atoms with Gasteiger partial charge in [0.25, 0.3) is 0 Å². The van der Waals surface area contributed by atoms with Crippen LogP contribution >= 0.6 is 0 Å². The Morgan fingerprint density at radius 1 is 0.762 bits per heavy atom. The van der Waals surface area contributed by atoms with Crippen LogP contribution in [0.1, 0.15) is 5.56 Å². The van der Waals surface area contributed by atoms with Crippen molar-refractivity contribution in [2.45, 2.75) is 6.61 Å². The number of para-hydroxylation sites is 1. The molecule has 1 aromatic heterocycles. The Hall–Kier alpha value is -2.74. The van der Waals surface area contributed by atoms with Crippen LogP contribution in [0.5, 0.6) is 5.75 Å². The Bertz CT molecular complexity index is 997. The van der Waals surface area contributed by atoms with Crippen LogP contribution in [0.15, 0.2) is 60.7 Å². The summed E-state index contributed by atoms with van der Waals surface area (Å²) in [5.74, 6) is 0.974. The Labute approximate surface area is 122 Å². The fourth-order valence-corrected chi connectivity index (χ4v) is 3.31. The third kappa shape index (κ3) is 1.42. The summed E-state index contributed by atoms with van der Waals surface area (Å²) in [4.78, 5) is 3.51. The van der Waals surface area contributed by atoms with Gasteiger partial charge in [-0.15, -0.1) is 0 Å². The van der Waals surface area contributed by atoms with Crippen LogP contribution in [-0.4, -0.2) is 4.98 Å². The second-order valence-corrected chi connectivity index (χ2v) is 5.48. The van der Waals surface area contributed by atoms with Crippen molar-refractivity contribution in [1.82, 2.24) is 4.98 Å². The summed E-state index contributed by atoms with van der Waals surface area (Å²) < 4.78 is 6.06. The van der Waals surface area contributed by atoms with Gasteiger partial charge in [0, 0.05) is 21.9 Å². The van der Waals surface area contributed by atoms with Crippen LogP contribution in [0.3, 0.4) is 0 Å². The van der Waals surface area contributed by atoms with Gasteiger partial charge in [0.05, 0.1) is 5.52 Å². The molecule has 1 N–H and O–H groups in total. The zero-order valence-electron chi connectivity index (χ0n) is 11.4. The van der Waals surface area contributed by atoms with E-state index < -0.39 is 0 Å². The Balaban J connectivity index is 1.91. The predicted molar refractivity (Wildman–Crippen MR) is 85.6 cm³/mol. The van der Waals surface area contributed by atoms with Crippen molar-refractivity contribution in [1.29, 1.82) is 0 Å². The van der Waals surface area contributed by atoms with Crippen molar-refractivity contribution in [2.24, 2.45) is 0 Å². The Kier molecular flexibility index (Phi) is 2.03. The molecule has 4 aromatic rings. The summed E-state index contributed by atoms with van der Waals surface area (Å²) in [6.45, 7) is 0.637. The van der Waals surface area contributed by atoms with E-state index in [0.29, 0.717) is 6.61 Å². The highest BCUT2D eigenvalue weighted by molar-refractivity contribution is 6.11. The van der Waals surface area contributed by atoms with Crippen molar-refractivity contribution >= 4 is 21.8 Å². The number of aromatic amines is 1. The lowest BCUT2D eigenvalue weighted by molar-refractivity contribution is 0.305. The van der Waals surface area contributed by atoms with Gasteiger partial charge < -0.3 is 9.72 Å². The molecule has 0 aliphatic carbocycles. The fourth-order valence-electron chi connectivity index (χ4n) is 3.31. The first kappa shape index (κ1) is 11.0. The van der Waals surface area contributed by atoms with Crippen molar-refractivity contribution in [3.05, 3.63) is 66.2 Å². The van der Waals surface area contributed by atoms with Crippen molar-refractivity contribution < 1.29 is 4.74 Å². The third-order valence-corrected chi connectivity index (χ3v) is 4.31. The van der Waals surface area contributed by atoms with E-state index in [1.54, 1.807) is 0 Å². The van der Waals surface area contributed by atoms with Crippen LogP contribution in [0.4, 0.5) is 0 Å². The summed E-state index contributed by atoms with van der Waals surface area (Å²) in [5.41, 5.74) is 5.96. The first-order chi connectivity index (χ1) is 10.4. The first-order valence-corrected chi connectivity index (χ1v) is 7.16. The summed E-state index contributed by atoms with van der Waals surface area (Å²) in [6, 6.07) is 21.2. The molecule has 2 nitrogen and oxygen atoms in total. The third-order valence-electron chi connectivity index (χ3n) is 4.31. The first-order valence-electron chi connectivity index (χ1n) is 7.16. The van der Waals surface area contributed by atoms with Crippen LogP contribution in [0, 0.1) is 0 Å². The van der Waals surface area contributed by atoms with E-state index in [2.05, 4.69) is 65.6 Å². The molecular formula is C19H13NO. The van der Waals surface area contributed by atoms with Crippen LogP contribution in [0.25, 0.3) is 32.9 Å². The summed E-state index contributed by atoms with van der Waals surface area (Å²) in [7, 11) is 0. The van der Waals surface area contributed by atoms with E-state index in [1.807, 2.05) is 0 Å². The lowest BCUT2D eigenvalue weighted by Crippen LogP contribution is -2.05. The normalized spacial score (nSPS) is 13.0. The highest BCUT2D eigenvalue weighted by Gasteiger charge is 2.20. The van der Waals surface area contributed by atoms with E-state index in [1.165, 1.54) is 27.5 Å². The zero-order valence-corrected chi connectivity index (χ0v) is 11.4. The molecule has 0 radical (unpaired) electrons. The van der Waals surface area contributed by atoms with E-state index in [4.69, 9.17) is 4.74 Å². The average molecular weight is 271 g/mol. The quantitative estimate of drug-likeness (QED) is 0.484. The molecule has 0 fully saturated rings. The smallest absolute Gasteiger partial charge is 0.151 e. The van der Waals surface area contributed by atoms with Crippen LogP contribution < -0.4 is 4.74 Å². The summed E-state index contributed by atoms with van der Waals surface area (Å²) in [5, 5.41) is 2.47. The number of aromatic nitrogens is 1. The van der Waals surface area contributed by atoms with Crippen molar-refractivity contribution in [3.63, 3.8) is 0 Å². The Morgan fingerprint density at radius 3 is 2.62 bits per heavy atom. The van der Waals surface area contributed by atoms with Gasteiger partial charge in [0.2, 0.25) is 0 Å². The van der Waals surface area contributed by atoms with Gasteiger partial charge in [0.15, 0.2) is 5.75 Å². The summed E-state index contributed by atoms with van der Waals surface area (Å²) in [6.07, 6.45) is 0. The SMILES string of the molecule is c1ccc2c(c1)COc1c-2ccc2c1[nH]c1ccccc12. The molecular weight excluding hydrogens is 258 g/mol. The van der Waals surface area contributed by atoms with Gasteiger partial charge in [-0.05, 0) is 23.3 Å². The molecule has 0 spiro atoms. The molecule has 21 heavy (non-hydrogen) atoms. The maximum absolute atomic E-state index is 6.06. The molecule has 5 rings (SSSR count). The minimum Gasteiger partial charge on any atom is -0.486 e. The number of benzene rings is 3. The molecule has 0 bridgehead atoms. The number of rotatable bonds is 0. The highest BCUT2D eigenvalue weighted by atomic mass is 16.5. The second-order valence-electron chi connectivity index (χ2n) is 5.48. The highest BCUT2D eigenvalue weighted by Crippen LogP contribution is 2.43. The fraction of sp³-hybridized carbons (Fsp3) is 0.0526. The molecule has 1 aliphatic rings. The van der Waals surface area contributed by atoms with Gasteiger partial charge in [-0.3, -0.25) is 0 Å². The number of hydrogen-bond donors (Lipinski definition) is 1. The van der Waals surface area contributed by atoms with Gasteiger partial charge in [-0.1, -0.05) is 48.5 Å². The number of H-pyrrole nitrogens is 1. The lowest BCUT2D eigenvalue weighted by atomic mass is 9.96. The molecule has 1 aliphatic heterocycles. The molecule has 0 saturated heterocycles. The minimum absolute atomic E-state index is 0.637. The maximum atomic E-state index is 6.06. The van der Waals surface area contributed by atoms with Gasteiger partial charge in [-0.25, -0.2) is 0 Å². The predicted octanol–water partition coefficient (Wildman–Crippen LogP) is 4.88. The second kappa shape index (κ2) is 3.89.